The number of para-hydroxylation sites is 1. The summed E-state index contributed by atoms with van der Waals surface area (Å²) in [6.07, 6.45) is -1.11. The molecule has 0 aliphatic rings. The molecule has 0 spiro atoms. The average Bonchev–Trinajstić information content (AvgIpc) is 3.30. The van der Waals surface area contributed by atoms with Crippen LogP contribution in [-0.4, -0.2) is 20.9 Å². The van der Waals surface area contributed by atoms with Crippen LogP contribution in [0.5, 0.6) is 0 Å². The normalized spacial score (nSPS) is 11.9. The largest absolute Gasteiger partial charge is 0.416 e. The zero-order valence-corrected chi connectivity index (χ0v) is 20.9. The van der Waals surface area contributed by atoms with E-state index in [4.69, 9.17) is 23.8 Å². The van der Waals surface area contributed by atoms with Gasteiger partial charge in [-0.15, -0.1) is 0 Å². The van der Waals surface area contributed by atoms with Gasteiger partial charge < -0.3 is 5.32 Å². The first-order chi connectivity index (χ1) is 17.7. The molecule has 0 radical (unpaired) electrons. The van der Waals surface area contributed by atoms with E-state index in [1.54, 1.807) is 23.2 Å². The van der Waals surface area contributed by atoms with Crippen molar-refractivity contribution in [3.8, 4) is 5.69 Å². The van der Waals surface area contributed by atoms with Gasteiger partial charge in [-0.05, 0) is 78.1 Å². The molecule has 0 aliphatic carbocycles. The molecule has 5 rings (SSSR count). The molecule has 0 bridgehead atoms. The van der Waals surface area contributed by atoms with E-state index in [2.05, 4.69) is 20.8 Å². The maximum Gasteiger partial charge on any atom is 0.416 e. The molecule has 0 atom stereocenters. The highest BCUT2D eigenvalue weighted by Gasteiger charge is 2.30. The molecule has 0 unspecified atom stereocenters. The molecule has 5 aromatic rings. The summed E-state index contributed by atoms with van der Waals surface area (Å²) in [6, 6.07) is 20.2. The van der Waals surface area contributed by atoms with Crippen molar-refractivity contribution in [3.05, 3.63) is 101 Å². The van der Waals surface area contributed by atoms with Crippen molar-refractivity contribution < 1.29 is 13.2 Å². The van der Waals surface area contributed by atoms with Gasteiger partial charge in [-0.3, -0.25) is 9.99 Å². The first kappa shape index (κ1) is 24.7. The van der Waals surface area contributed by atoms with Gasteiger partial charge in [0.2, 0.25) is 0 Å². The predicted molar refractivity (Wildman–Crippen MR) is 147 cm³/mol. The van der Waals surface area contributed by atoms with Crippen LogP contribution in [0.15, 0.2) is 84.2 Å². The van der Waals surface area contributed by atoms with E-state index in [9.17, 15) is 13.2 Å². The maximum atomic E-state index is 12.9. The summed E-state index contributed by atoms with van der Waals surface area (Å²) in [5.41, 5.74) is 6.77. The van der Waals surface area contributed by atoms with Gasteiger partial charge in [-0.2, -0.15) is 18.3 Å². The number of rotatable bonds is 4. The number of nitrogens with one attached hydrogen (secondary N) is 2. The third-order valence-electron chi connectivity index (χ3n) is 5.87. The van der Waals surface area contributed by atoms with Gasteiger partial charge in [0.15, 0.2) is 5.11 Å². The number of aromatic nitrogens is 2. The topological polar surface area (TPSA) is 54.2 Å². The molecule has 1 aromatic heterocycles. The number of halogens is 4. The number of fused-ring (bicyclic) bond motifs is 3. The van der Waals surface area contributed by atoms with Crippen LogP contribution in [0.1, 0.15) is 16.7 Å². The van der Waals surface area contributed by atoms with Gasteiger partial charge in [-0.25, -0.2) is 4.98 Å². The minimum atomic E-state index is -4.38. The fourth-order valence-corrected chi connectivity index (χ4v) is 4.45. The molecule has 5 nitrogen and oxygen atoms in total. The molecule has 10 heteroatoms. The lowest BCUT2D eigenvalue weighted by Crippen LogP contribution is -2.24. The molecule has 2 N–H and O–H groups in total. The number of aryl methyl sites for hydroxylation is 1. The van der Waals surface area contributed by atoms with E-state index >= 15 is 0 Å². The minimum absolute atomic E-state index is 0.309. The summed E-state index contributed by atoms with van der Waals surface area (Å²) in [5.74, 6) is 0. The first-order valence-corrected chi connectivity index (χ1v) is 11.9. The van der Waals surface area contributed by atoms with Gasteiger partial charge in [0, 0.05) is 11.1 Å². The molecular weight excluding hydrogens is 519 g/mol. The van der Waals surface area contributed by atoms with E-state index in [0.29, 0.717) is 15.8 Å². The number of imidazole rings is 1. The molecule has 37 heavy (non-hydrogen) atoms. The van der Waals surface area contributed by atoms with Crippen molar-refractivity contribution in [2.24, 2.45) is 5.10 Å². The molecule has 1 heterocycles. The highest BCUT2D eigenvalue weighted by Crippen LogP contribution is 2.31. The quantitative estimate of drug-likeness (QED) is 0.142. The monoisotopic (exact) mass is 537 g/mol. The number of benzene rings is 4. The van der Waals surface area contributed by atoms with Crippen molar-refractivity contribution in [1.29, 1.82) is 0 Å². The number of hydrogen-bond donors (Lipinski definition) is 2. The number of nitrogens with zero attached hydrogens (tertiary/aromatic N) is 3. The summed E-state index contributed by atoms with van der Waals surface area (Å²) in [6.45, 7) is 1.93. The first-order valence-electron chi connectivity index (χ1n) is 11.1. The lowest BCUT2D eigenvalue weighted by Gasteiger charge is -2.11. The number of thiocarbonyl (C=S) groups is 1. The Hall–Kier alpha value is -3.95. The van der Waals surface area contributed by atoms with Gasteiger partial charge in [0.1, 0.15) is 6.33 Å². The van der Waals surface area contributed by atoms with Crippen molar-refractivity contribution in [3.63, 3.8) is 0 Å². The molecule has 0 fully saturated rings. The van der Waals surface area contributed by atoms with Crippen LogP contribution in [0.4, 0.5) is 18.9 Å². The van der Waals surface area contributed by atoms with Crippen LogP contribution >= 0.6 is 23.8 Å². The zero-order chi connectivity index (χ0) is 26.2. The van der Waals surface area contributed by atoms with E-state index in [-0.39, 0.29) is 0 Å². The molecule has 0 aliphatic heterocycles. The van der Waals surface area contributed by atoms with Crippen molar-refractivity contribution in [2.45, 2.75) is 13.1 Å². The van der Waals surface area contributed by atoms with Gasteiger partial charge >= 0.3 is 6.18 Å². The Balaban J connectivity index is 1.34. The second-order valence-corrected chi connectivity index (χ2v) is 9.14. The van der Waals surface area contributed by atoms with Crippen LogP contribution in [0.2, 0.25) is 5.02 Å². The Morgan fingerprint density at radius 3 is 2.57 bits per heavy atom. The van der Waals surface area contributed by atoms with Crippen LogP contribution < -0.4 is 10.7 Å². The van der Waals surface area contributed by atoms with Crippen molar-refractivity contribution >= 4 is 62.6 Å². The fourth-order valence-electron chi connectivity index (χ4n) is 4.02. The van der Waals surface area contributed by atoms with Crippen molar-refractivity contribution in [1.82, 2.24) is 15.0 Å². The van der Waals surface area contributed by atoms with Crippen molar-refractivity contribution in [2.75, 3.05) is 5.32 Å². The van der Waals surface area contributed by atoms with E-state index in [1.807, 2.05) is 49.4 Å². The average molecular weight is 538 g/mol. The maximum absolute atomic E-state index is 12.9. The van der Waals surface area contributed by atoms with E-state index in [0.717, 1.165) is 50.8 Å². The summed E-state index contributed by atoms with van der Waals surface area (Å²) < 4.78 is 40.5. The van der Waals surface area contributed by atoms with E-state index in [1.165, 1.54) is 12.1 Å². The number of anilines is 1. The minimum Gasteiger partial charge on any atom is -0.330 e. The standard InChI is InChI=1S/C27H19ClF3N5S/c1-16-3-2-4-22(28)24(16)34-26(37)35-33-14-17-5-11-21-18(13-17)6-12-23-25(21)32-15-36(23)20-9-7-19(8-10-20)27(29,30)31/h2-15H,1H3,(H2,34,35,37). The lowest BCUT2D eigenvalue weighted by molar-refractivity contribution is -0.137. The Labute approximate surface area is 220 Å². The predicted octanol–water partition coefficient (Wildman–Crippen LogP) is 7.48. The molecule has 0 saturated carbocycles. The summed E-state index contributed by atoms with van der Waals surface area (Å²) >= 11 is 11.5. The Morgan fingerprint density at radius 2 is 1.84 bits per heavy atom. The van der Waals surface area contributed by atoms with Gasteiger partial charge in [0.05, 0.1) is 33.5 Å². The second kappa shape index (κ2) is 9.84. The highest BCUT2D eigenvalue weighted by molar-refractivity contribution is 7.80. The fraction of sp³-hybridized carbons (Fsp3) is 0.0741. The summed E-state index contributed by atoms with van der Waals surface area (Å²) in [7, 11) is 0. The van der Waals surface area contributed by atoms with E-state index < -0.39 is 11.7 Å². The molecule has 0 amide bonds. The molecule has 0 saturated heterocycles. The van der Waals surface area contributed by atoms with Crippen LogP contribution in [0.3, 0.4) is 0 Å². The second-order valence-electron chi connectivity index (χ2n) is 8.33. The summed E-state index contributed by atoms with van der Waals surface area (Å²) in [5, 5.41) is 10.00. The Morgan fingerprint density at radius 1 is 1.05 bits per heavy atom. The lowest BCUT2D eigenvalue weighted by atomic mass is 10.1. The summed E-state index contributed by atoms with van der Waals surface area (Å²) in [4.78, 5) is 4.52. The zero-order valence-electron chi connectivity index (χ0n) is 19.3. The number of hydrazone groups is 1. The van der Waals surface area contributed by atoms with Crippen LogP contribution in [0.25, 0.3) is 27.5 Å². The Bertz CT molecular complexity index is 1640. The highest BCUT2D eigenvalue weighted by atomic mass is 35.5. The molecular formula is C27H19ClF3N5S. The smallest absolute Gasteiger partial charge is 0.330 e. The number of alkyl halides is 3. The number of hydrogen-bond acceptors (Lipinski definition) is 3. The molecule has 186 valence electrons. The van der Waals surface area contributed by atoms with Gasteiger partial charge in [-0.1, -0.05) is 41.9 Å². The molecule has 4 aromatic carbocycles. The van der Waals surface area contributed by atoms with Crippen LogP contribution in [-0.2, 0) is 6.18 Å². The Kier molecular flexibility index (Phi) is 6.57. The SMILES string of the molecule is Cc1cccc(Cl)c1NC(=S)NN=Cc1ccc2c(ccc3c2ncn3-c2ccc(C(F)(F)F)cc2)c1. The van der Waals surface area contributed by atoms with Crippen LogP contribution in [0, 0.1) is 6.92 Å². The third-order valence-corrected chi connectivity index (χ3v) is 6.38. The third kappa shape index (κ3) is 5.14. The van der Waals surface area contributed by atoms with Gasteiger partial charge in [0.25, 0.3) is 0 Å².